The number of amides is 1. The number of carbonyl (C=O) groups excluding carboxylic acids is 1. The molecule has 0 aromatic heterocycles. The van der Waals surface area contributed by atoms with Crippen LogP contribution in [-0.2, 0) is 4.79 Å². The number of carbonyl (C=O) groups is 1. The molecule has 19 heavy (non-hydrogen) atoms. The quantitative estimate of drug-likeness (QED) is 0.836. The zero-order chi connectivity index (χ0) is 13.4. The van der Waals surface area contributed by atoms with Crippen molar-refractivity contribution in [2.45, 2.75) is 24.9 Å². The monoisotopic (exact) mass is 262 g/mol. The summed E-state index contributed by atoms with van der Waals surface area (Å²) >= 11 is 0. The van der Waals surface area contributed by atoms with Gasteiger partial charge in [-0.2, -0.15) is 0 Å². The topological polar surface area (TPSA) is 61.8 Å². The van der Waals surface area contributed by atoms with Gasteiger partial charge in [-0.05, 0) is 18.6 Å². The lowest BCUT2D eigenvalue weighted by Crippen LogP contribution is -2.47. The number of nitrogens with one attached hydrogen (secondary N) is 1. The minimum Gasteiger partial charge on any atom is -0.508 e. The molecular formula is C14H18N2O3. The van der Waals surface area contributed by atoms with Crippen molar-refractivity contribution in [3.8, 4) is 11.5 Å². The first kappa shape index (κ1) is 12.3. The summed E-state index contributed by atoms with van der Waals surface area (Å²) < 4.78 is 5.58. The van der Waals surface area contributed by atoms with Crippen LogP contribution in [0.15, 0.2) is 18.2 Å². The van der Waals surface area contributed by atoms with Gasteiger partial charge in [0.25, 0.3) is 0 Å². The summed E-state index contributed by atoms with van der Waals surface area (Å²) in [6.07, 6.45) is 1.47. The van der Waals surface area contributed by atoms with E-state index in [2.05, 4.69) is 5.32 Å². The molecule has 3 rings (SSSR count). The maximum absolute atomic E-state index is 11.5. The Morgan fingerprint density at radius 3 is 3.11 bits per heavy atom. The van der Waals surface area contributed by atoms with E-state index in [0.29, 0.717) is 19.1 Å². The second-order valence-corrected chi connectivity index (χ2v) is 5.26. The normalized spacial score (nSPS) is 26.2. The molecule has 2 aliphatic rings. The molecule has 1 aromatic rings. The summed E-state index contributed by atoms with van der Waals surface area (Å²) in [6, 6.07) is 5.66. The molecule has 0 aliphatic carbocycles. The number of nitrogens with zero attached hydrogens (tertiary/aromatic N) is 1. The highest BCUT2D eigenvalue weighted by Crippen LogP contribution is 2.35. The third-order valence-electron chi connectivity index (χ3n) is 3.84. The van der Waals surface area contributed by atoms with E-state index in [-0.39, 0.29) is 17.7 Å². The van der Waals surface area contributed by atoms with Gasteiger partial charge in [-0.1, -0.05) is 0 Å². The predicted molar refractivity (Wildman–Crippen MR) is 70.1 cm³/mol. The molecule has 0 spiro atoms. The van der Waals surface area contributed by atoms with Gasteiger partial charge >= 0.3 is 0 Å². The van der Waals surface area contributed by atoms with Crippen molar-refractivity contribution in [3.05, 3.63) is 23.8 Å². The average Bonchev–Trinajstić information content (AvgIpc) is 2.76. The van der Waals surface area contributed by atoms with Gasteiger partial charge in [0.15, 0.2) is 0 Å². The fourth-order valence-corrected chi connectivity index (χ4v) is 2.77. The lowest BCUT2D eigenvalue weighted by atomic mass is 10.0. The molecule has 2 aliphatic heterocycles. The summed E-state index contributed by atoms with van der Waals surface area (Å²) in [5.74, 6) is 1.19. The van der Waals surface area contributed by atoms with E-state index in [1.165, 1.54) is 0 Å². The summed E-state index contributed by atoms with van der Waals surface area (Å²) in [4.78, 5) is 13.2. The van der Waals surface area contributed by atoms with Gasteiger partial charge in [0.2, 0.25) is 5.91 Å². The van der Waals surface area contributed by atoms with Crippen LogP contribution < -0.4 is 10.1 Å². The van der Waals surface area contributed by atoms with Crippen molar-refractivity contribution in [2.24, 2.45) is 0 Å². The Kier molecular flexibility index (Phi) is 3.06. The van der Waals surface area contributed by atoms with E-state index in [1.54, 1.807) is 17.0 Å². The molecular weight excluding hydrogens is 244 g/mol. The SMILES string of the molecule is CN1CC(NC2COc3cc(O)ccc32)CCC1=O. The van der Waals surface area contributed by atoms with E-state index in [0.717, 1.165) is 24.3 Å². The van der Waals surface area contributed by atoms with Crippen LogP contribution in [0.5, 0.6) is 11.5 Å². The molecule has 2 heterocycles. The lowest BCUT2D eigenvalue weighted by Gasteiger charge is -2.31. The molecule has 1 amide bonds. The minimum absolute atomic E-state index is 0.141. The molecule has 1 aromatic carbocycles. The molecule has 1 saturated heterocycles. The van der Waals surface area contributed by atoms with E-state index in [1.807, 2.05) is 13.1 Å². The van der Waals surface area contributed by atoms with Crippen LogP contribution in [0.1, 0.15) is 24.4 Å². The number of phenolic OH excluding ortho intramolecular Hbond substituents is 1. The highest BCUT2D eigenvalue weighted by atomic mass is 16.5. The number of fused-ring (bicyclic) bond motifs is 1. The first-order valence-electron chi connectivity index (χ1n) is 6.59. The summed E-state index contributed by atoms with van der Waals surface area (Å²) in [5.41, 5.74) is 1.08. The van der Waals surface area contributed by atoms with Crippen LogP contribution >= 0.6 is 0 Å². The second-order valence-electron chi connectivity index (χ2n) is 5.26. The van der Waals surface area contributed by atoms with Gasteiger partial charge in [-0.15, -0.1) is 0 Å². The van der Waals surface area contributed by atoms with Crippen LogP contribution in [-0.4, -0.2) is 42.2 Å². The molecule has 1 fully saturated rings. The summed E-state index contributed by atoms with van der Waals surface area (Å²) in [6.45, 7) is 1.32. The van der Waals surface area contributed by atoms with Crippen molar-refractivity contribution < 1.29 is 14.6 Å². The van der Waals surface area contributed by atoms with Gasteiger partial charge in [-0.3, -0.25) is 4.79 Å². The number of benzene rings is 1. The van der Waals surface area contributed by atoms with Crippen LogP contribution in [0, 0.1) is 0 Å². The van der Waals surface area contributed by atoms with Crippen LogP contribution in [0.25, 0.3) is 0 Å². The fraction of sp³-hybridized carbons (Fsp3) is 0.500. The van der Waals surface area contributed by atoms with E-state index < -0.39 is 0 Å². The maximum Gasteiger partial charge on any atom is 0.222 e. The third kappa shape index (κ3) is 2.38. The van der Waals surface area contributed by atoms with E-state index in [4.69, 9.17) is 4.74 Å². The highest BCUT2D eigenvalue weighted by Gasteiger charge is 2.29. The number of aromatic hydroxyl groups is 1. The maximum atomic E-state index is 11.5. The smallest absolute Gasteiger partial charge is 0.222 e. The first-order chi connectivity index (χ1) is 9.13. The summed E-state index contributed by atoms with van der Waals surface area (Å²) in [7, 11) is 1.84. The Labute approximate surface area is 112 Å². The second kappa shape index (κ2) is 4.74. The highest BCUT2D eigenvalue weighted by molar-refractivity contribution is 5.76. The number of likely N-dealkylation sites (tertiary alicyclic amines) is 1. The van der Waals surface area contributed by atoms with Gasteiger partial charge in [-0.25, -0.2) is 0 Å². The first-order valence-corrected chi connectivity index (χ1v) is 6.59. The minimum atomic E-state index is 0.141. The van der Waals surface area contributed by atoms with Crippen molar-refractivity contribution in [3.63, 3.8) is 0 Å². The number of rotatable bonds is 2. The number of likely N-dealkylation sites (N-methyl/N-ethyl adjacent to an activating group) is 1. The van der Waals surface area contributed by atoms with Crippen molar-refractivity contribution in [1.29, 1.82) is 0 Å². The average molecular weight is 262 g/mol. The summed E-state index contributed by atoms with van der Waals surface area (Å²) in [5, 5.41) is 13.0. The number of phenols is 1. The number of piperidine rings is 1. The largest absolute Gasteiger partial charge is 0.508 e. The molecule has 2 atom stereocenters. The van der Waals surface area contributed by atoms with Crippen LogP contribution in [0.4, 0.5) is 0 Å². The Morgan fingerprint density at radius 1 is 1.47 bits per heavy atom. The molecule has 5 heteroatoms. The lowest BCUT2D eigenvalue weighted by molar-refractivity contribution is -0.132. The van der Waals surface area contributed by atoms with Crippen molar-refractivity contribution in [1.82, 2.24) is 10.2 Å². The Bertz CT molecular complexity index is 503. The molecule has 0 saturated carbocycles. The molecule has 5 nitrogen and oxygen atoms in total. The molecule has 2 unspecified atom stereocenters. The van der Waals surface area contributed by atoms with Gasteiger partial charge < -0.3 is 20.1 Å². The Morgan fingerprint density at radius 2 is 2.32 bits per heavy atom. The zero-order valence-electron chi connectivity index (χ0n) is 10.9. The number of hydrogen-bond donors (Lipinski definition) is 2. The molecule has 102 valence electrons. The zero-order valence-corrected chi connectivity index (χ0v) is 10.9. The predicted octanol–water partition coefficient (Wildman–Crippen LogP) is 1.04. The standard InChI is InChI=1S/C14H18N2O3/c1-16-7-9(2-5-14(16)18)15-12-8-19-13-6-10(17)3-4-11(12)13/h3-4,6,9,12,15,17H,2,5,7-8H2,1H3. The van der Waals surface area contributed by atoms with E-state index in [9.17, 15) is 9.90 Å². The Balaban J connectivity index is 1.68. The van der Waals surface area contributed by atoms with Crippen molar-refractivity contribution >= 4 is 5.91 Å². The van der Waals surface area contributed by atoms with Crippen molar-refractivity contribution in [2.75, 3.05) is 20.2 Å². The molecule has 2 N–H and O–H groups in total. The number of hydrogen-bond acceptors (Lipinski definition) is 4. The van der Waals surface area contributed by atoms with Crippen LogP contribution in [0.3, 0.4) is 0 Å². The number of ether oxygens (including phenoxy) is 1. The Hall–Kier alpha value is -1.75. The van der Waals surface area contributed by atoms with Crippen LogP contribution in [0.2, 0.25) is 0 Å². The third-order valence-corrected chi connectivity index (χ3v) is 3.84. The van der Waals surface area contributed by atoms with Gasteiger partial charge in [0.05, 0.1) is 6.04 Å². The molecule has 0 bridgehead atoms. The van der Waals surface area contributed by atoms with E-state index >= 15 is 0 Å². The molecule has 0 radical (unpaired) electrons. The fourth-order valence-electron chi connectivity index (χ4n) is 2.77. The van der Waals surface area contributed by atoms with Gasteiger partial charge in [0, 0.05) is 37.7 Å². The van der Waals surface area contributed by atoms with Gasteiger partial charge in [0.1, 0.15) is 18.1 Å².